The molecule has 1 atom stereocenters. The monoisotopic (exact) mass is 336 g/mol. The van der Waals surface area contributed by atoms with Crippen LogP contribution in [-0.2, 0) is 10.2 Å². The number of furan rings is 1. The highest BCUT2D eigenvalue weighted by Gasteiger charge is 2.33. The maximum absolute atomic E-state index is 12.8. The molecule has 1 aliphatic rings. The first-order valence-electron chi connectivity index (χ1n) is 8.11. The van der Waals surface area contributed by atoms with E-state index in [0.717, 1.165) is 23.8 Å². The molecule has 1 aromatic heterocycles. The molecule has 23 heavy (non-hydrogen) atoms. The van der Waals surface area contributed by atoms with E-state index < -0.39 is 10.2 Å². The van der Waals surface area contributed by atoms with E-state index in [0.29, 0.717) is 24.8 Å². The van der Waals surface area contributed by atoms with E-state index in [1.54, 1.807) is 11.4 Å². The Morgan fingerprint density at radius 2 is 1.91 bits per heavy atom. The van der Waals surface area contributed by atoms with Crippen LogP contribution < -0.4 is 0 Å². The van der Waals surface area contributed by atoms with Crippen LogP contribution in [0.5, 0.6) is 0 Å². The summed E-state index contributed by atoms with van der Waals surface area (Å²) in [7, 11) is -1.83. The van der Waals surface area contributed by atoms with Crippen LogP contribution in [0.4, 0.5) is 0 Å². The minimum atomic E-state index is -3.46. The van der Waals surface area contributed by atoms with Crippen molar-refractivity contribution in [3.05, 3.63) is 36.1 Å². The summed E-state index contributed by atoms with van der Waals surface area (Å²) in [5, 5.41) is 0.993. The number of hydrogen-bond donors (Lipinski definition) is 0. The zero-order valence-corrected chi connectivity index (χ0v) is 14.7. The van der Waals surface area contributed by atoms with Gasteiger partial charge in [0.2, 0.25) is 0 Å². The quantitative estimate of drug-likeness (QED) is 0.860. The SMILES string of the molecule is CC1CCN(S(=O)(=O)N(C)[C@@H](C)c2cc3ccccc3o2)CC1. The van der Waals surface area contributed by atoms with Crippen LogP contribution in [0.1, 0.15) is 38.5 Å². The largest absolute Gasteiger partial charge is 0.459 e. The van der Waals surface area contributed by atoms with Crippen molar-refractivity contribution in [2.75, 3.05) is 20.1 Å². The lowest BCUT2D eigenvalue weighted by atomic mass is 10.0. The van der Waals surface area contributed by atoms with Crippen molar-refractivity contribution in [3.8, 4) is 0 Å². The Bertz CT molecular complexity index is 743. The summed E-state index contributed by atoms with van der Waals surface area (Å²) in [5.74, 6) is 1.27. The van der Waals surface area contributed by atoms with Gasteiger partial charge in [-0.25, -0.2) is 0 Å². The summed E-state index contributed by atoms with van der Waals surface area (Å²) >= 11 is 0. The molecule has 2 heterocycles. The fraction of sp³-hybridized carbons (Fsp3) is 0.529. The van der Waals surface area contributed by atoms with Gasteiger partial charge in [0.1, 0.15) is 11.3 Å². The molecule has 3 rings (SSSR count). The number of nitrogens with zero attached hydrogens (tertiary/aromatic N) is 2. The van der Waals surface area contributed by atoms with Gasteiger partial charge in [-0.05, 0) is 37.8 Å². The van der Waals surface area contributed by atoms with Crippen molar-refractivity contribution >= 4 is 21.2 Å². The van der Waals surface area contributed by atoms with E-state index in [1.165, 1.54) is 4.31 Å². The molecule has 1 saturated heterocycles. The molecule has 5 nitrogen and oxygen atoms in total. The zero-order valence-electron chi connectivity index (χ0n) is 13.9. The first-order valence-corrected chi connectivity index (χ1v) is 9.51. The van der Waals surface area contributed by atoms with Crippen molar-refractivity contribution in [1.29, 1.82) is 0 Å². The van der Waals surface area contributed by atoms with Gasteiger partial charge in [-0.1, -0.05) is 25.1 Å². The Hall–Kier alpha value is -1.37. The van der Waals surface area contributed by atoms with Gasteiger partial charge in [0.15, 0.2) is 0 Å². The van der Waals surface area contributed by atoms with E-state index in [4.69, 9.17) is 4.42 Å². The number of piperidine rings is 1. The minimum Gasteiger partial charge on any atom is -0.459 e. The molecule has 0 radical (unpaired) electrons. The highest BCUT2D eigenvalue weighted by molar-refractivity contribution is 7.86. The molecule has 0 spiro atoms. The van der Waals surface area contributed by atoms with Crippen molar-refractivity contribution < 1.29 is 12.8 Å². The number of fused-ring (bicyclic) bond motifs is 1. The molecule has 0 unspecified atom stereocenters. The maximum atomic E-state index is 12.8. The first-order chi connectivity index (χ1) is 10.9. The van der Waals surface area contributed by atoms with Crippen LogP contribution >= 0.6 is 0 Å². The average Bonchev–Trinajstić information content (AvgIpc) is 2.98. The fourth-order valence-corrected chi connectivity index (χ4v) is 4.53. The molecule has 0 N–H and O–H groups in total. The lowest BCUT2D eigenvalue weighted by Gasteiger charge is -2.34. The molecule has 0 saturated carbocycles. The van der Waals surface area contributed by atoms with Crippen molar-refractivity contribution in [2.24, 2.45) is 5.92 Å². The number of benzene rings is 1. The van der Waals surface area contributed by atoms with E-state index >= 15 is 0 Å². The molecule has 0 amide bonds. The van der Waals surface area contributed by atoms with Crippen molar-refractivity contribution in [2.45, 2.75) is 32.7 Å². The average molecular weight is 336 g/mol. The third-order valence-electron chi connectivity index (χ3n) is 4.83. The van der Waals surface area contributed by atoms with Crippen LogP contribution in [0, 0.1) is 5.92 Å². The van der Waals surface area contributed by atoms with Crippen LogP contribution in [0.2, 0.25) is 0 Å². The molecule has 1 aromatic carbocycles. The molecule has 1 fully saturated rings. The lowest BCUT2D eigenvalue weighted by Crippen LogP contribution is -2.46. The maximum Gasteiger partial charge on any atom is 0.282 e. The molecule has 0 bridgehead atoms. The van der Waals surface area contributed by atoms with Gasteiger partial charge in [0.05, 0.1) is 6.04 Å². The Kier molecular flexibility index (Phi) is 4.49. The van der Waals surface area contributed by atoms with Gasteiger partial charge in [-0.15, -0.1) is 0 Å². The predicted octanol–water partition coefficient (Wildman–Crippen LogP) is 3.40. The molecule has 0 aliphatic carbocycles. The second-order valence-corrected chi connectivity index (χ2v) is 8.46. The standard InChI is InChI=1S/C17H24N2O3S/c1-13-8-10-19(11-9-13)23(20,21)18(3)14(2)17-12-15-6-4-5-7-16(15)22-17/h4-7,12-14H,8-11H2,1-3H3/t14-/m0/s1. The summed E-state index contributed by atoms with van der Waals surface area (Å²) in [5.41, 5.74) is 0.784. The predicted molar refractivity (Wildman–Crippen MR) is 91.3 cm³/mol. The third-order valence-corrected chi connectivity index (χ3v) is 6.90. The second-order valence-electron chi connectivity index (χ2n) is 6.47. The Balaban J connectivity index is 1.81. The number of hydrogen-bond acceptors (Lipinski definition) is 3. The first kappa shape index (κ1) is 16.5. The van der Waals surface area contributed by atoms with Crippen molar-refractivity contribution in [3.63, 3.8) is 0 Å². The smallest absolute Gasteiger partial charge is 0.282 e. The van der Waals surface area contributed by atoms with Gasteiger partial charge in [-0.3, -0.25) is 0 Å². The molecule has 2 aromatic rings. The zero-order chi connectivity index (χ0) is 16.6. The third kappa shape index (κ3) is 3.16. The van der Waals surface area contributed by atoms with Crippen LogP contribution in [0.15, 0.2) is 34.7 Å². The van der Waals surface area contributed by atoms with Crippen LogP contribution in [-0.4, -0.2) is 37.2 Å². The van der Waals surface area contributed by atoms with Gasteiger partial charge in [-0.2, -0.15) is 17.0 Å². The Morgan fingerprint density at radius 1 is 1.26 bits per heavy atom. The molecule has 1 aliphatic heterocycles. The summed E-state index contributed by atoms with van der Waals surface area (Å²) in [6, 6.07) is 9.30. The number of rotatable bonds is 4. The van der Waals surface area contributed by atoms with E-state index in [9.17, 15) is 8.42 Å². The molecule has 126 valence electrons. The Morgan fingerprint density at radius 3 is 2.57 bits per heavy atom. The summed E-state index contributed by atoms with van der Waals surface area (Å²) in [4.78, 5) is 0. The highest BCUT2D eigenvalue weighted by Crippen LogP contribution is 2.30. The summed E-state index contributed by atoms with van der Waals surface area (Å²) in [6.07, 6.45) is 1.85. The van der Waals surface area contributed by atoms with Crippen LogP contribution in [0.3, 0.4) is 0 Å². The van der Waals surface area contributed by atoms with Gasteiger partial charge in [0, 0.05) is 25.5 Å². The van der Waals surface area contributed by atoms with Gasteiger partial charge >= 0.3 is 0 Å². The topological polar surface area (TPSA) is 53.8 Å². The van der Waals surface area contributed by atoms with E-state index in [1.807, 2.05) is 37.3 Å². The van der Waals surface area contributed by atoms with Crippen molar-refractivity contribution in [1.82, 2.24) is 8.61 Å². The minimum absolute atomic E-state index is 0.341. The summed E-state index contributed by atoms with van der Waals surface area (Å²) < 4.78 is 34.5. The normalized spacial score (nSPS) is 19.5. The van der Waals surface area contributed by atoms with Crippen LogP contribution in [0.25, 0.3) is 11.0 Å². The molecular weight excluding hydrogens is 312 g/mol. The van der Waals surface area contributed by atoms with E-state index in [-0.39, 0.29) is 6.04 Å². The van der Waals surface area contributed by atoms with E-state index in [2.05, 4.69) is 6.92 Å². The fourth-order valence-electron chi connectivity index (χ4n) is 2.99. The lowest BCUT2D eigenvalue weighted by molar-refractivity contribution is 0.255. The Labute approximate surface area is 138 Å². The van der Waals surface area contributed by atoms with Gasteiger partial charge < -0.3 is 4.42 Å². The summed E-state index contributed by atoms with van der Waals surface area (Å²) in [6.45, 7) is 5.23. The second kappa shape index (κ2) is 6.26. The number of para-hydroxylation sites is 1. The van der Waals surface area contributed by atoms with Gasteiger partial charge in [0.25, 0.3) is 10.2 Å². The molecule has 6 heteroatoms. The highest BCUT2D eigenvalue weighted by atomic mass is 32.2. The molecular formula is C17H24N2O3S.